The van der Waals surface area contributed by atoms with Crippen molar-refractivity contribution in [1.82, 2.24) is 14.9 Å². The Bertz CT molecular complexity index is 586. The molecular formula is C16H25N3O3S. The van der Waals surface area contributed by atoms with Gasteiger partial charge in [0.1, 0.15) is 10.6 Å². The summed E-state index contributed by atoms with van der Waals surface area (Å²) in [5.74, 6) is 0.692. The van der Waals surface area contributed by atoms with E-state index in [1.807, 2.05) is 27.7 Å². The van der Waals surface area contributed by atoms with Crippen LogP contribution in [0.2, 0.25) is 0 Å². The molecule has 6 nitrogen and oxygen atoms in total. The van der Waals surface area contributed by atoms with Crippen molar-refractivity contribution in [2.75, 3.05) is 18.8 Å². The van der Waals surface area contributed by atoms with E-state index < -0.39 is 16.4 Å². The minimum atomic E-state index is -1.19. The molecule has 23 heavy (non-hydrogen) atoms. The van der Waals surface area contributed by atoms with Gasteiger partial charge in [-0.05, 0) is 46.5 Å². The van der Waals surface area contributed by atoms with E-state index in [2.05, 4.69) is 9.97 Å². The third-order valence-electron chi connectivity index (χ3n) is 3.61. The molecule has 2 heterocycles. The first-order chi connectivity index (χ1) is 10.8. The molecule has 1 amide bonds. The number of ether oxygens (including phenoxy) is 1. The number of hydrogen-bond acceptors (Lipinski definition) is 5. The van der Waals surface area contributed by atoms with Crippen LogP contribution in [0.5, 0.6) is 0 Å². The zero-order valence-corrected chi connectivity index (χ0v) is 15.1. The van der Waals surface area contributed by atoms with Crippen molar-refractivity contribution in [3.63, 3.8) is 0 Å². The van der Waals surface area contributed by atoms with E-state index in [4.69, 9.17) is 4.74 Å². The lowest BCUT2D eigenvalue weighted by Crippen LogP contribution is -2.44. The fraction of sp³-hybridized carbons (Fsp3) is 0.688. The van der Waals surface area contributed by atoms with Gasteiger partial charge >= 0.3 is 6.09 Å². The SMILES string of the molecule is Cc1nccnc1[S@@](=O)C[C@@H]1CCCN(C(=O)OC(C)(C)C)C1. The number of carbonyl (C=O) groups is 1. The van der Waals surface area contributed by atoms with Crippen LogP contribution in [0, 0.1) is 12.8 Å². The molecule has 0 N–H and O–H groups in total. The Balaban J connectivity index is 1.95. The van der Waals surface area contributed by atoms with E-state index in [1.165, 1.54) is 0 Å². The molecular weight excluding hydrogens is 314 g/mol. The molecule has 1 aromatic heterocycles. The van der Waals surface area contributed by atoms with Crippen LogP contribution in [0.15, 0.2) is 17.4 Å². The van der Waals surface area contributed by atoms with E-state index in [0.29, 0.717) is 29.6 Å². The second-order valence-electron chi connectivity index (χ2n) is 6.89. The Morgan fingerprint density at radius 2 is 2.09 bits per heavy atom. The molecule has 2 atom stereocenters. The maximum absolute atomic E-state index is 12.5. The monoisotopic (exact) mass is 339 g/mol. The Kier molecular flexibility index (Phi) is 5.73. The molecule has 128 valence electrons. The first kappa shape index (κ1) is 17.8. The normalized spacial score (nSPS) is 20.2. The van der Waals surface area contributed by atoms with E-state index in [1.54, 1.807) is 17.3 Å². The average molecular weight is 339 g/mol. The first-order valence-corrected chi connectivity index (χ1v) is 9.22. The predicted octanol–water partition coefficient (Wildman–Crippen LogP) is 2.54. The summed E-state index contributed by atoms with van der Waals surface area (Å²) in [5, 5.41) is 0.543. The standard InChI is InChI=1S/C16H25N3O3S/c1-12-14(18-8-7-17-12)23(21)11-13-6-5-9-19(10-13)15(20)22-16(2,3)4/h7-8,13H,5-6,9-11H2,1-4H3/t13-,23+/m1/s1. The maximum atomic E-state index is 12.5. The summed E-state index contributed by atoms with van der Waals surface area (Å²) in [6.07, 6.45) is 4.74. The Labute approximate surface area is 140 Å². The van der Waals surface area contributed by atoms with E-state index in [-0.39, 0.29) is 12.0 Å². The van der Waals surface area contributed by atoms with Gasteiger partial charge in [0, 0.05) is 31.2 Å². The molecule has 0 radical (unpaired) electrons. The Morgan fingerprint density at radius 1 is 1.39 bits per heavy atom. The van der Waals surface area contributed by atoms with Crippen LogP contribution in [-0.2, 0) is 15.5 Å². The molecule has 0 aliphatic carbocycles. The fourth-order valence-electron chi connectivity index (χ4n) is 2.60. The molecule has 1 aromatic rings. The van der Waals surface area contributed by atoms with Crippen LogP contribution in [0.1, 0.15) is 39.3 Å². The number of nitrogens with zero attached hydrogens (tertiary/aromatic N) is 3. The third-order valence-corrected chi connectivity index (χ3v) is 5.22. The van der Waals surface area contributed by atoms with Crippen LogP contribution < -0.4 is 0 Å². The maximum Gasteiger partial charge on any atom is 0.410 e. The van der Waals surface area contributed by atoms with Crippen LogP contribution in [0.25, 0.3) is 0 Å². The van der Waals surface area contributed by atoms with E-state index in [0.717, 1.165) is 12.8 Å². The minimum absolute atomic E-state index is 0.193. The fourth-order valence-corrected chi connectivity index (χ4v) is 4.02. The Morgan fingerprint density at radius 3 is 2.74 bits per heavy atom. The number of amides is 1. The molecule has 0 saturated carbocycles. The zero-order valence-electron chi connectivity index (χ0n) is 14.2. The second-order valence-corrected chi connectivity index (χ2v) is 8.30. The van der Waals surface area contributed by atoms with Crippen LogP contribution in [0.4, 0.5) is 4.79 Å². The van der Waals surface area contributed by atoms with Gasteiger partial charge in [0.05, 0.1) is 16.5 Å². The molecule has 0 unspecified atom stereocenters. The highest BCUT2D eigenvalue weighted by Gasteiger charge is 2.29. The molecule has 1 fully saturated rings. The van der Waals surface area contributed by atoms with Crippen molar-refractivity contribution in [3.05, 3.63) is 18.1 Å². The van der Waals surface area contributed by atoms with Gasteiger partial charge in [0.25, 0.3) is 0 Å². The number of carbonyl (C=O) groups excluding carboxylic acids is 1. The molecule has 1 aliphatic heterocycles. The van der Waals surface area contributed by atoms with Crippen molar-refractivity contribution in [1.29, 1.82) is 0 Å². The van der Waals surface area contributed by atoms with Crippen LogP contribution in [-0.4, -0.2) is 49.6 Å². The van der Waals surface area contributed by atoms with E-state index >= 15 is 0 Å². The van der Waals surface area contributed by atoms with Gasteiger partial charge in [0.15, 0.2) is 0 Å². The van der Waals surface area contributed by atoms with Crippen LogP contribution in [0.3, 0.4) is 0 Å². The van der Waals surface area contributed by atoms with Crippen LogP contribution >= 0.6 is 0 Å². The lowest BCUT2D eigenvalue weighted by molar-refractivity contribution is 0.0176. The smallest absolute Gasteiger partial charge is 0.410 e. The van der Waals surface area contributed by atoms with Crippen molar-refractivity contribution in [3.8, 4) is 0 Å². The summed E-state index contributed by atoms with van der Waals surface area (Å²) in [7, 11) is -1.19. The van der Waals surface area contributed by atoms with Gasteiger partial charge in [-0.15, -0.1) is 0 Å². The highest BCUT2D eigenvalue weighted by molar-refractivity contribution is 7.85. The van der Waals surface area contributed by atoms with Crippen molar-refractivity contribution in [2.24, 2.45) is 5.92 Å². The number of hydrogen-bond donors (Lipinski definition) is 0. The summed E-state index contributed by atoms with van der Waals surface area (Å²) < 4.78 is 17.9. The predicted molar refractivity (Wildman–Crippen MR) is 88.6 cm³/mol. The third kappa shape index (κ3) is 5.27. The van der Waals surface area contributed by atoms with Gasteiger partial charge in [-0.25, -0.2) is 9.78 Å². The zero-order chi connectivity index (χ0) is 17.0. The summed E-state index contributed by atoms with van der Waals surface area (Å²) in [4.78, 5) is 22.2. The topological polar surface area (TPSA) is 72.4 Å². The summed E-state index contributed by atoms with van der Waals surface area (Å²) >= 11 is 0. The van der Waals surface area contributed by atoms with Crippen molar-refractivity contribution < 1.29 is 13.7 Å². The number of aromatic nitrogens is 2. The molecule has 1 aliphatic rings. The van der Waals surface area contributed by atoms with Gasteiger partial charge in [-0.1, -0.05) is 0 Å². The summed E-state index contributed by atoms with van der Waals surface area (Å²) in [6, 6.07) is 0. The van der Waals surface area contributed by atoms with Crippen molar-refractivity contribution in [2.45, 2.75) is 51.2 Å². The second kappa shape index (κ2) is 7.38. The van der Waals surface area contributed by atoms with E-state index in [9.17, 15) is 9.00 Å². The van der Waals surface area contributed by atoms with Gasteiger partial charge in [0.2, 0.25) is 0 Å². The molecule has 0 aromatic carbocycles. The minimum Gasteiger partial charge on any atom is -0.444 e. The number of rotatable bonds is 3. The molecule has 7 heteroatoms. The molecule has 2 rings (SSSR count). The van der Waals surface area contributed by atoms with Gasteiger partial charge < -0.3 is 9.64 Å². The highest BCUT2D eigenvalue weighted by atomic mass is 32.2. The lowest BCUT2D eigenvalue weighted by Gasteiger charge is -2.33. The molecule has 0 spiro atoms. The van der Waals surface area contributed by atoms with Gasteiger partial charge in [-0.3, -0.25) is 9.19 Å². The number of likely N-dealkylation sites (tertiary alicyclic amines) is 1. The largest absolute Gasteiger partial charge is 0.444 e. The van der Waals surface area contributed by atoms with Gasteiger partial charge in [-0.2, -0.15) is 0 Å². The number of aryl methyl sites for hydroxylation is 1. The quantitative estimate of drug-likeness (QED) is 0.846. The molecule has 1 saturated heterocycles. The summed E-state index contributed by atoms with van der Waals surface area (Å²) in [5.41, 5.74) is 0.203. The Hall–Kier alpha value is -1.50. The highest BCUT2D eigenvalue weighted by Crippen LogP contribution is 2.21. The first-order valence-electron chi connectivity index (χ1n) is 7.90. The average Bonchev–Trinajstić information content (AvgIpc) is 2.46. The summed E-state index contributed by atoms with van der Waals surface area (Å²) in [6.45, 7) is 8.67. The molecule has 0 bridgehead atoms. The number of piperidine rings is 1. The van der Waals surface area contributed by atoms with Crippen molar-refractivity contribution >= 4 is 16.9 Å². The lowest BCUT2D eigenvalue weighted by atomic mass is 10.0.